The van der Waals surface area contributed by atoms with Crippen molar-refractivity contribution in [2.45, 2.75) is 0 Å². The molecule has 0 unspecified atom stereocenters. The van der Waals surface area contributed by atoms with E-state index in [1.807, 2.05) is 19.0 Å². The first-order valence-corrected chi connectivity index (χ1v) is 8.09. The number of nitrogens with zero attached hydrogens (tertiary/aromatic N) is 2. The van der Waals surface area contributed by atoms with Crippen LogP contribution in [0.1, 0.15) is 5.56 Å². The van der Waals surface area contributed by atoms with Crippen LogP contribution in [0.4, 0.5) is 0 Å². The summed E-state index contributed by atoms with van der Waals surface area (Å²) in [6.45, 7) is 2.65. The van der Waals surface area contributed by atoms with E-state index in [9.17, 15) is 4.79 Å². The second-order valence-corrected chi connectivity index (χ2v) is 6.10. The van der Waals surface area contributed by atoms with Crippen molar-refractivity contribution in [2.24, 2.45) is 0 Å². The van der Waals surface area contributed by atoms with E-state index in [0.29, 0.717) is 36.2 Å². The Balaban J connectivity index is 2.04. The van der Waals surface area contributed by atoms with E-state index in [0.717, 1.165) is 12.1 Å². The van der Waals surface area contributed by atoms with E-state index >= 15 is 0 Å². The molecule has 2 rings (SSSR count). The number of rotatable bonds is 8. The Morgan fingerprint density at radius 2 is 2.08 bits per heavy atom. The Bertz CT molecular complexity index is 604. The normalized spacial score (nSPS) is 13.0. The molecule has 1 aliphatic rings. The molecule has 0 saturated heterocycles. The standard InChI is InChI=1S/C17H23ClN2O4/c1-19(2)6-7-20(8-9-22-3)16(21)5-4-13-10-14(18)17-15(11-13)23-12-24-17/h4-5,10-11H,6-9,12H2,1-3H3. The van der Waals surface area contributed by atoms with Crippen LogP contribution in [-0.2, 0) is 9.53 Å². The van der Waals surface area contributed by atoms with E-state index in [2.05, 4.69) is 0 Å². The number of amides is 1. The van der Waals surface area contributed by atoms with Gasteiger partial charge in [0.25, 0.3) is 0 Å². The Labute approximate surface area is 147 Å². The molecule has 1 aromatic rings. The summed E-state index contributed by atoms with van der Waals surface area (Å²) in [6.07, 6.45) is 3.27. The molecule has 0 saturated carbocycles. The molecule has 0 radical (unpaired) electrons. The minimum atomic E-state index is -0.0670. The fourth-order valence-corrected chi connectivity index (χ4v) is 2.48. The lowest BCUT2D eigenvalue weighted by molar-refractivity contribution is -0.126. The van der Waals surface area contributed by atoms with Crippen molar-refractivity contribution in [1.82, 2.24) is 9.80 Å². The van der Waals surface area contributed by atoms with E-state index in [1.165, 1.54) is 0 Å². The largest absolute Gasteiger partial charge is 0.454 e. The molecule has 0 aliphatic carbocycles. The Hall–Kier alpha value is -1.76. The van der Waals surface area contributed by atoms with E-state index < -0.39 is 0 Å². The molecule has 1 amide bonds. The molecular formula is C17H23ClN2O4. The topological polar surface area (TPSA) is 51.2 Å². The highest BCUT2D eigenvalue weighted by Crippen LogP contribution is 2.40. The van der Waals surface area contributed by atoms with Crippen molar-refractivity contribution in [3.63, 3.8) is 0 Å². The molecule has 1 aromatic carbocycles. The van der Waals surface area contributed by atoms with Gasteiger partial charge in [-0.05, 0) is 37.9 Å². The van der Waals surface area contributed by atoms with Crippen LogP contribution in [0.3, 0.4) is 0 Å². The molecule has 0 bridgehead atoms. The predicted molar refractivity (Wildman–Crippen MR) is 93.6 cm³/mol. The van der Waals surface area contributed by atoms with Crippen LogP contribution in [0.15, 0.2) is 18.2 Å². The van der Waals surface area contributed by atoms with Crippen LogP contribution in [-0.4, -0.2) is 69.9 Å². The fraction of sp³-hybridized carbons (Fsp3) is 0.471. The third kappa shape index (κ3) is 5.12. The van der Waals surface area contributed by atoms with Gasteiger partial charge in [-0.1, -0.05) is 11.6 Å². The van der Waals surface area contributed by atoms with Crippen LogP contribution in [0.25, 0.3) is 6.08 Å². The molecule has 1 aliphatic heterocycles. The van der Waals surface area contributed by atoms with Crippen LogP contribution in [0.2, 0.25) is 5.02 Å². The number of hydrogen-bond acceptors (Lipinski definition) is 5. The summed E-state index contributed by atoms with van der Waals surface area (Å²) in [5.74, 6) is 1.08. The average Bonchev–Trinajstić information content (AvgIpc) is 3.01. The molecule has 0 spiro atoms. The number of ether oxygens (including phenoxy) is 3. The fourth-order valence-electron chi connectivity index (χ4n) is 2.21. The van der Waals surface area contributed by atoms with Crippen molar-refractivity contribution in [2.75, 3.05) is 54.2 Å². The van der Waals surface area contributed by atoms with Crippen molar-refractivity contribution >= 4 is 23.6 Å². The Morgan fingerprint density at radius 3 is 2.79 bits per heavy atom. The van der Waals surface area contributed by atoms with Crippen molar-refractivity contribution in [1.29, 1.82) is 0 Å². The lowest BCUT2D eigenvalue weighted by atomic mass is 10.2. The van der Waals surface area contributed by atoms with Gasteiger partial charge in [0.1, 0.15) is 0 Å². The summed E-state index contributed by atoms with van der Waals surface area (Å²) < 4.78 is 15.7. The van der Waals surface area contributed by atoms with Gasteiger partial charge in [-0.2, -0.15) is 0 Å². The summed E-state index contributed by atoms with van der Waals surface area (Å²) >= 11 is 6.15. The number of hydrogen-bond donors (Lipinski definition) is 0. The number of carbonyl (C=O) groups is 1. The van der Waals surface area contributed by atoms with Crippen LogP contribution in [0.5, 0.6) is 11.5 Å². The van der Waals surface area contributed by atoms with Gasteiger partial charge in [-0.3, -0.25) is 4.79 Å². The van der Waals surface area contributed by atoms with Crippen LogP contribution < -0.4 is 9.47 Å². The summed E-state index contributed by atoms with van der Waals surface area (Å²) in [5.41, 5.74) is 0.789. The molecule has 132 valence electrons. The zero-order valence-electron chi connectivity index (χ0n) is 14.3. The molecule has 0 aromatic heterocycles. The van der Waals surface area contributed by atoms with Crippen molar-refractivity contribution < 1.29 is 19.0 Å². The second-order valence-electron chi connectivity index (χ2n) is 5.69. The highest BCUT2D eigenvalue weighted by atomic mass is 35.5. The number of benzene rings is 1. The highest BCUT2D eigenvalue weighted by molar-refractivity contribution is 6.32. The molecule has 6 nitrogen and oxygen atoms in total. The number of carbonyl (C=O) groups excluding carboxylic acids is 1. The number of methoxy groups -OCH3 is 1. The molecule has 24 heavy (non-hydrogen) atoms. The van der Waals surface area contributed by atoms with Gasteiger partial charge in [0.05, 0.1) is 11.6 Å². The van der Waals surface area contributed by atoms with Gasteiger partial charge in [0, 0.05) is 32.8 Å². The maximum absolute atomic E-state index is 12.4. The third-order valence-electron chi connectivity index (χ3n) is 3.56. The van der Waals surface area contributed by atoms with Gasteiger partial charge in [-0.15, -0.1) is 0 Å². The second kappa shape index (κ2) is 8.92. The summed E-state index contributed by atoms with van der Waals surface area (Å²) in [4.78, 5) is 16.2. The number of halogens is 1. The van der Waals surface area contributed by atoms with Crippen LogP contribution >= 0.6 is 11.6 Å². The minimum Gasteiger partial charge on any atom is -0.454 e. The van der Waals surface area contributed by atoms with Crippen LogP contribution in [0, 0.1) is 0 Å². The van der Waals surface area contributed by atoms with Gasteiger partial charge in [0.2, 0.25) is 12.7 Å². The Kier molecular flexibility index (Phi) is 6.90. The first-order valence-electron chi connectivity index (χ1n) is 7.71. The van der Waals surface area contributed by atoms with Gasteiger partial charge in [-0.25, -0.2) is 0 Å². The lowest BCUT2D eigenvalue weighted by Crippen LogP contribution is -2.37. The van der Waals surface area contributed by atoms with Gasteiger partial charge in [0.15, 0.2) is 11.5 Å². The number of fused-ring (bicyclic) bond motifs is 1. The first kappa shape index (κ1) is 18.6. The zero-order valence-corrected chi connectivity index (χ0v) is 15.0. The maximum atomic E-state index is 12.4. The zero-order chi connectivity index (χ0) is 17.5. The minimum absolute atomic E-state index is 0.0670. The molecule has 0 atom stereocenters. The summed E-state index contributed by atoms with van der Waals surface area (Å²) in [7, 11) is 5.58. The molecular weight excluding hydrogens is 332 g/mol. The van der Waals surface area contributed by atoms with E-state index in [-0.39, 0.29) is 12.7 Å². The molecule has 0 N–H and O–H groups in total. The summed E-state index contributed by atoms with van der Waals surface area (Å²) in [6, 6.07) is 3.55. The predicted octanol–water partition coefficient (Wildman–Crippen LogP) is 2.12. The molecule has 0 fully saturated rings. The van der Waals surface area contributed by atoms with Crippen molar-refractivity contribution in [3.8, 4) is 11.5 Å². The van der Waals surface area contributed by atoms with E-state index in [4.69, 9.17) is 25.8 Å². The molecule has 7 heteroatoms. The van der Waals surface area contributed by atoms with Gasteiger partial charge < -0.3 is 24.0 Å². The van der Waals surface area contributed by atoms with Gasteiger partial charge >= 0.3 is 0 Å². The first-order chi connectivity index (χ1) is 11.5. The third-order valence-corrected chi connectivity index (χ3v) is 3.84. The maximum Gasteiger partial charge on any atom is 0.246 e. The average molecular weight is 355 g/mol. The highest BCUT2D eigenvalue weighted by Gasteiger charge is 2.18. The monoisotopic (exact) mass is 354 g/mol. The quantitative estimate of drug-likeness (QED) is 0.669. The number of likely N-dealkylation sites (N-methyl/N-ethyl adjacent to an activating group) is 1. The SMILES string of the molecule is COCCN(CCN(C)C)C(=O)C=Cc1cc(Cl)c2c(c1)OCO2. The van der Waals surface area contributed by atoms with Crippen molar-refractivity contribution in [3.05, 3.63) is 28.8 Å². The van der Waals surface area contributed by atoms with E-state index in [1.54, 1.807) is 36.3 Å². The molecule has 1 heterocycles. The summed E-state index contributed by atoms with van der Waals surface area (Å²) in [5, 5.41) is 0.473. The Morgan fingerprint density at radius 1 is 1.29 bits per heavy atom. The smallest absolute Gasteiger partial charge is 0.246 e. The lowest BCUT2D eigenvalue weighted by Gasteiger charge is -2.22.